The summed E-state index contributed by atoms with van der Waals surface area (Å²) in [7, 11) is 2.13. The molecule has 2 nitrogen and oxygen atoms in total. The van der Waals surface area contributed by atoms with Crippen molar-refractivity contribution < 1.29 is 4.79 Å². The van der Waals surface area contributed by atoms with Crippen molar-refractivity contribution in [3.63, 3.8) is 0 Å². The molecule has 2 aliphatic rings. The van der Waals surface area contributed by atoms with E-state index in [1.165, 1.54) is 30.5 Å². The van der Waals surface area contributed by atoms with E-state index in [0.29, 0.717) is 5.41 Å². The minimum atomic E-state index is 0.422. The van der Waals surface area contributed by atoms with Crippen LogP contribution in [-0.4, -0.2) is 19.9 Å². The third kappa shape index (κ3) is 1.08. The Bertz CT molecular complexity index is 421. The molecule has 0 atom stereocenters. The molecule has 0 N–H and O–H groups in total. The lowest BCUT2D eigenvalue weighted by atomic mass is 9.66. The van der Waals surface area contributed by atoms with Crippen LogP contribution in [0.4, 0.5) is 5.69 Å². The third-order valence-electron chi connectivity index (χ3n) is 3.99. The first-order valence-corrected chi connectivity index (χ1v) is 5.56. The van der Waals surface area contributed by atoms with Crippen LogP contribution in [0.2, 0.25) is 0 Å². The molecule has 1 saturated carbocycles. The van der Waals surface area contributed by atoms with E-state index >= 15 is 0 Å². The van der Waals surface area contributed by atoms with Crippen molar-refractivity contribution >= 4 is 12.0 Å². The molecule has 78 valence electrons. The molecule has 1 heterocycles. The van der Waals surface area contributed by atoms with E-state index in [-0.39, 0.29) is 0 Å². The average molecular weight is 201 g/mol. The topological polar surface area (TPSA) is 20.3 Å². The summed E-state index contributed by atoms with van der Waals surface area (Å²) in [5.74, 6) is 0. The molecule has 0 radical (unpaired) electrons. The fourth-order valence-electron chi connectivity index (χ4n) is 3.04. The van der Waals surface area contributed by atoms with Gasteiger partial charge in [-0.25, -0.2) is 0 Å². The second-order valence-corrected chi connectivity index (χ2v) is 4.88. The number of carbonyl (C=O) groups excluding carboxylic acids is 1. The second-order valence-electron chi connectivity index (χ2n) is 4.88. The zero-order valence-corrected chi connectivity index (χ0v) is 8.99. The predicted octanol–water partition coefficient (Wildman–Crippen LogP) is 2.37. The van der Waals surface area contributed by atoms with Gasteiger partial charge in [-0.05, 0) is 24.5 Å². The summed E-state index contributed by atoms with van der Waals surface area (Å²) in [6.07, 6.45) is 4.90. The molecule has 0 amide bonds. The molecule has 1 aliphatic heterocycles. The highest BCUT2D eigenvalue weighted by Crippen LogP contribution is 2.52. The van der Waals surface area contributed by atoms with Crippen LogP contribution < -0.4 is 4.90 Å². The molecule has 0 saturated heterocycles. The van der Waals surface area contributed by atoms with E-state index in [2.05, 4.69) is 18.0 Å². The Labute approximate surface area is 89.9 Å². The number of rotatable bonds is 1. The maximum atomic E-state index is 10.7. The summed E-state index contributed by atoms with van der Waals surface area (Å²) in [5.41, 5.74) is 3.93. The van der Waals surface area contributed by atoms with Gasteiger partial charge in [0.15, 0.2) is 0 Å². The Morgan fingerprint density at radius 1 is 1.40 bits per heavy atom. The zero-order chi connectivity index (χ0) is 10.5. The van der Waals surface area contributed by atoms with Crippen molar-refractivity contribution in [3.8, 4) is 0 Å². The SMILES string of the molecule is CN1CC2(CCC2)c2ccc(C=O)cc21. The molecule has 0 aromatic heterocycles. The lowest BCUT2D eigenvalue weighted by Crippen LogP contribution is -2.38. The molecule has 0 bridgehead atoms. The molecule has 0 unspecified atom stereocenters. The second kappa shape index (κ2) is 2.84. The zero-order valence-electron chi connectivity index (χ0n) is 8.99. The van der Waals surface area contributed by atoms with Crippen LogP contribution in [0.5, 0.6) is 0 Å². The van der Waals surface area contributed by atoms with E-state index < -0.39 is 0 Å². The Morgan fingerprint density at radius 2 is 2.20 bits per heavy atom. The summed E-state index contributed by atoms with van der Waals surface area (Å²) < 4.78 is 0. The number of nitrogens with zero attached hydrogens (tertiary/aromatic N) is 1. The van der Waals surface area contributed by atoms with Crippen molar-refractivity contribution in [2.75, 3.05) is 18.5 Å². The highest BCUT2D eigenvalue weighted by molar-refractivity contribution is 5.79. The molecule has 1 aromatic rings. The van der Waals surface area contributed by atoms with Crippen LogP contribution in [-0.2, 0) is 5.41 Å². The van der Waals surface area contributed by atoms with Gasteiger partial charge in [0.2, 0.25) is 0 Å². The first-order chi connectivity index (χ1) is 7.25. The van der Waals surface area contributed by atoms with Crippen LogP contribution in [0.3, 0.4) is 0 Å². The van der Waals surface area contributed by atoms with Gasteiger partial charge in [0.25, 0.3) is 0 Å². The van der Waals surface area contributed by atoms with Gasteiger partial charge in [-0.15, -0.1) is 0 Å². The fraction of sp³-hybridized carbons (Fsp3) is 0.462. The first-order valence-electron chi connectivity index (χ1n) is 5.56. The first kappa shape index (κ1) is 8.96. The van der Waals surface area contributed by atoms with E-state index in [4.69, 9.17) is 0 Å². The lowest BCUT2D eigenvalue weighted by molar-refractivity contribution is 0.112. The number of anilines is 1. The summed E-state index contributed by atoms with van der Waals surface area (Å²) in [5, 5.41) is 0. The smallest absolute Gasteiger partial charge is 0.150 e. The van der Waals surface area contributed by atoms with Gasteiger partial charge in [-0.1, -0.05) is 18.6 Å². The van der Waals surface area contributed by atoms with Crippen molar-refractivity contribution in [2.45, 2.75) is 24.7 Å². The normalized spacial score (nSPS) is 21.3. The van der Waals surface area contributed by atoms with Gasteiger partial charge in [-0.2, -0.15) is 0 Å². The number of carbonyl (C=O) groups is 1. The number of benzene rings is 1. The fourth-order valence-corrected chi connectivity index (χ4v) is 3.04. The number of hydrogen-bond donors (Lipinski definition) is 0. The van der Waals surface area contributed by atoms with Crippen LogP contribution >= 0.6 is 0 Å². The Morgan fingerprint density at radius 3 is 2.80 bits per heavy atom. The highest BCUT2D eigenvalue weighted by Gasteiger charge is 2.45. The van der Waals surface area contributed by atoms with Crippen LogP contribution in [0.15, 0.2) is 18.2 Å². The molecule has 1 aromatic carbocycles. The standard InChI is InChI=1S/C13H15NO/c1-14-9-13(5-2-6-13)11-4-3-10(8-15)7-12(11)14/h3-4,7-8H,2,5-6,9H2,1H3. The van der Waals surface area contributed by atoms with E-state index in [1.807, 2.05) is 12.1 Å². The van der Waals surface area contributed by atoms with Crippen molar-refractivity contribution in [2.24, 2.45) is 0 Å². The summed E-state index contributed by atoms with van der Waals surface area (Å²) in [6.45, 7) is 1.13. The third-order valence-corrected chi connectivity index (χ3v) is 3.99. The van der Waals surface area contributed by atoms with Gasteiger partial charge in [0.1, 0.15) is 6.29 Å². The van der Waals surface area contributed by atoms with Crippen molar-refractivity contribution in [1.82, 2.24) is 0 Å². The van der Waals surface area contributed by atoms with Gasteiger partial charge in [0.05, 0.1) is 0 Å². The molecule has 3 rings (SSSR count). The maximum absolute atomic E-state index is 10.7. The van der Waals surface area contributed by atoms with E-state index in [0.717, 1.165) is 18.4 Å². The number of likely N-dealkylation sites (N-methyl/N-ethyl adjacent to an activating group) is 1. The Balaban J connectivity index is 2.12. The van der Waals surface area contributed by atoms with Gasteiger partial charge in [0, 0.05) is 30.3 Å². The molecule has 15 heavy (non-hydrogen) atoms. The highest BCUT2D eigenvalue weighted by atomic mass is 16.1. The van der Waals surface area contributed by atoms with Gasteiger partial charge >= 0.3 is 0 Å². The number of aldehydes is 1. The summed E-state index contributed by atoms with van der Waals surface area (Å²) in [6, 6.07) is 6.13. The van der Waals surface area contributed by atoms with Gasteiger partial charge < -0.3 is 4.90 Å². The minimum absolute atomic E-state index is 0.422. The van der Waals surface area contributed by atoms with E-state index in [9.17, 15) is 4.79 Å². The van der Waals surface area contributed by atoms with Crippen LogP contribution in [0, 0.1) is 0 Å². The molecule has 1 spiro atoms. The quantitative estimate of drug-likeness (QED) is 0.650. The Kier molecular flexibility index (Phi) is 1.70. The number of fused-ring (bicyclic) bond motifs is 2. The molecule has 1 aliphatic carbocycles. The molecule has 1 fully saturated rings. The van der Waals surface area contributed by atoms with Crippen molar-refractivity contribution in [1.29, 1.82) is 0 Å². The maximum Gasteiger partial charge on any atom is 0.150 e. The number of hydrogen-bond acceptors (Lipinski definition) is 2. The molecule has 2 heteroatoms. The Hall–Kier alpha value is -1.31. The van der Waals surface area contributed by atoms with Crippen LogP contribution in [0.25, 0.3) is 0 Å². The summed E-state index contributed by atoms with van der Waals surface area (Å²) in [4.78, 5) is 13.0. The van der Waals surface area contributed by atoms with E-state index in [1.54, 1.807) is 0 Å². The average Bonchev–Trinajstić information content (AvgIpc) is 2.51. The van der Waals surface area contributed by atoms with Gasteiger partial charge in [-0.3, -0.25) is 4.79 Å². The molecular formula is C13H15NO. The van der Waals surface area contributed by atoms with Crippen molar-refractivity contribution in [3.05, 3.63) is 29.3 Å². The predicted molar refractivity (Wildman–Crippen MR) is 60.6 cm³/mol. The monoisotopic (exact) mass is 201 g/mol. The largest absolute Gasteiger partial charge is 0.373 e. The summed E-state index contributed by atoms with van der Waals surface area (Å²) >= 11 is 0. The lowest BCUT2D eigenvalue weighted by Gasteiger charge is -2.38. The molecular weight excluding hydrogens is 186 g/mol. The van der Waals surface area contributed by atoms with Crippen LogP contribution in [0.1, 0.15) is 35.2 Å². The minimum Gasteiger partial charge on any atom is -0.373 e.